The largest absolute Gasteiger partial charge is 1.00 e. The number of phenolic OH excluding ortho intramolecular Hbond substituents is 2. The predicted octanol–water partition coefficient (Wildman–Crippen LogP) is -6.89. The normalized spacial score (nSPS) is 19.3. The molecule has 0 saturated carbocycles. The molecule has 4 rings (SSSR count). The number of carboxylic acids is 1. The van der Waals surface area contributed by atoms with Crippen LogP contribution in [-0.4, -0.2) is 160 Å². The number of hydrogen-bond donors (Lipinski definition) is 11. The van der Waals surface area contributed by atoms with Crippen LogP contribution in [0.15, 0.2) is 77.7 Å². The number of rotatable bonds is 28. The van der Waals surface area contributed by atoms with Gasteiger partial charge in [0.05, 0.1) is 30.7 Å². The van der Waals surface area contributed by atoms with Crippen LogP contribution in [0.2, 0.25) is 0 Å². The Morgan fingerprint density at radius 3 is 1.52 bits per heavy atom. The van der Waals surface area contributed by atoms with Gasteiger partial charge in [-0.2, -0.15) is 0 Å². The third-order valence-corrected chi connectivity index (χ3v) is 13.9. The van der Waals surface area contributed by atoms with E-state index < -0.39 is 94.7 Å². The number of aromatic hydroxyl groups is 2. The summed E-state index contributed by atoms with van der Waals surface area (Å²) in [5.41, 5.74) is 2.41. The Morgan fingerprint density at radius 2 is 1.16 bits per heavy atom. The Balaban J connectivity index is -0.000000950. The minimum absolute atomic E-state index is 0. The van der Waals surface area contributed by atoms with Crippen molar-refractivity contribution in [3.63, 3.8) is 0 Å². The molecule has 0 aromatic heterocycles. The fourth-order valence-corrected chi connectivity index (χ4v) is 8.80. The molecule has 1 fully saturated rings. The first-order valence-electron chi connectivity index (χ1n) is 24.1. The molecule has 0 bridgehead atoms. The van der Waals surface area contributed by atoms with E-state index in [1.807, 2.05) is 24.3 Å². The van der Waals surface area contributed by atoms with Gasteiger partial charge in [0, 0.05) is 0 Å². The van der Waals surface area contributed by atoms with Gasteiger partial charge < -0.3 is 79.8 Å². The number of carbonyl (C=O) groups excluding carboxylic acids is 2. The topological polar surface area (TPSA) is 391 Å². The van der Waals surface area contributed by atoms with Gasteiger partial charge in [-0.1, -0.05) is 115 Å². The summed E-state index contributed by atoms with van der Waals surface area (Å²) in [6, 6.07) is 19.5. The Hall–Kier alpha value is -0.930. The quantitative estimate of drug-likeness (QED) is 0.00804. The first kappa shape index (κ1) is 80.3. The number of hydrogen-bond acceptors (Lipinski definition) is 21. The van der Waals surface area contributed by atoms with E-state index in [1.54, 1.807) is 28.5 Å². The average Bonchev–Trinajstić information content (AvgIpc) is 3.39. The molecule has 3 aromatic carbocycles. The number of carbonyl (C=O) groups is 2. The van der Waals surface area contributed by atoms with Gasteiger partial charge in [-0.05, 0) is 96.0 Å². The third kappa shape index (κ3) is 30.8. The summed E-state index contributed by atoms with van der Waals surface area (Å²) < 4.78 is 68.3. The second kappa shape index (κ2) is 43.7. The van der Waals surface area contributed by atoms with Crippen LogP contribution >= 0.6 is 11.8 Å². The smallest absolute Gasteiger partial charge is 0.726 e. The molecule has 1 aliphatic rings. The summed E-state index contributed by atoms with van der Waals surface area (Å²) in [6.07, 6.45) is -1.91. The minimum Gasteiger partial charge on any atom is -0.726 e. The van der Waals surface area contributed by atoms with Crippen LogP contribution in [0.4, 0.5) is 0 Å². The summed E-state index contributed by atoms with van der Waals surface area (Å²) in [5.74, 6) is 0.0886. The summed E-state index contributed by atoms with van der Waals surface area (Å²) in [5, 5.41) is 105. The van der Waals surface area contributed by atoms with Gasteiger partial charge in [-0.15, -0.1) is 4.24 Å². The summed E-state index contributed by atoms with van der Waals surface area (Å²) in [7, 11) is -8.22. The van der Waals surface area contributed by atoms with Crippen molar-refractivity contribution in [2.24, 2.45) is 0 Å². The van der Waals surface area contributed by atoms with E-state index in [1.165, 1.54) is 56.1 Å². The third-order valence-electron chi connectivity index (χ3n) is 11.8. The molecule has 77 heavy (non-hydrogen) atoms. The van der Waals surface area contributed by atoms with Crippen molar-refractivity contribution in [1.82, 2.24) is 4.24 Å². The average molecular weight is 1180 g/mol. The van der Waals surface area contributed by atoms with Crippen molar-refractivity contribution < 1.29 is 189 Å². The molecular weight excluding hydrogens is 1110 g/mol. The monoisotopic (exact) mass is 1180 g/mol. The van der Waals surface area contributed by atoms with Crippen molar-refractivity contribution >= 4 is 44.5 Å². The molecule has 1 heterocycles. The molecule has 22 nitrogen and oxygen atoms in total. The van der Waals surface area contributed by atoms with E-state index in [-0.39, 0.29) is 112 Å². The van der Waals surface area contributed by atoms with Crippen LogP contribution in [0.1, 0.15) is 131 Å². The van der Waals surface area contributed by atoms with Gasteiger partial charge in [0.1, 0.15) is 60.3 Å². The van der Waals surface area contributed by atoms with E-state index in [4.69, 9.17) is 31.5 Å². The molecule has 11 unspecified atom stereocenters. The molecule has 0 spiro atoms. The molecule has 422 valence electrons. The van der Waals surface area contributed by atoms with Crippen LogP contribution in [0, 0.1) is 0 Å². The van der Waals surface area contributed by atoms with Crippen molar-refractivity contribution in [2.75, 3.05) is 19.8 Å². The number of benzene rings is 3. The summed E-state index contributed by atoms with van der Waals surface area (Å²) >= 11 is 4.96. The van der Waals surface area contributed by atoms with Gasteiger partial charge >= 0.3 is 88.7 Å². The van der Waals surface area contributed by atoms with Gasteiger partial charge in [-0.3, -0.25) is 4.18 Å². The molecule has 0 aliphatic carbocycles. The van der Waals surface area contributed by atoms with Crippen LogP contribution in [0.25, 0.3) is 0 Å². The number of nitrogens with one attached hydrogen (secondary N) is 1. The number of phenols is 2. The SMILES string of the molecule is CCC(c1ccc(O)cc1)C(CC)c1ccc(O)cc1.CCCCCCCCCCCCOS(=O)(=O)[O-].O=C([O-])c1ccc(S(=O)(=O)NCl)cc1.O=CC(O)C(O)C(OC1OC(CO)C(O)C(O)C1O)C(O)CO.[Na+].[Na+].[Na+]. The van der Waals surface area contributed by atoms with Crippen LogP contribution in [-0.2, 0) is 38.9 Å². The molecule has 11 atom stereocenters. The number of sulfonamides is 1. The number of aliphatic hydroxyl groups is 8. The zero-order valence-corrected chi connectivity index (χ0v) is 53.0. The standard InChI is InChI=1S/C18H22O2.C12H22O11.C12H26O4S.C7H6ClNO4S.3Na/c1-3-17(13-5-9-15(19)10-6-13)18(4-2)14-7-11-16(20)12-8-14;13-1-4(16)7(18)11(5(17)2-14)23-12-10(21)9(20)8(19)6(3-15)22-12;1-2-3-4-5-6-7-8-9-10-11-12-16-17(13,14)15;8-9-14(12,13)6-3-1-5(2-4-6)7(10)11;;;/h5-12,17-20H,3-4H2,1-2H3;1,4-12,14-21H,2-3H2;2-12H2,1H3,(H,13,14,15);1-4,9H,(H,10,11);;;/q;;;;3*+1/p-2. The van der Waals surface area contributed by atoms with Crippen molar-refractivity contribution in [3.8, 4) is 11.5 Å². The zero-order valence-electron chi connectivity index (χ0n) is 44.6. The Kier molecular flexibility index (Phi) is 45.6. The number of ether oxygens (including phenoxy) is 2. The molecule has 1 aliphatic heterocycles. The second-order valence-corrected chi connectivity index (χ2v) is 20.3. The molecule has 28 heteroatoms. The zero-order chi connectivity index (χ0) is 56.0. The van der Waals surface area contributed by atoms with E-state index in [2.05, 4.69) is 25.0 Å². The summed E-state index contributed by atoms with van der Waals surface area (Å²) in [6.45, 7) is 5.00. The van der Waals surface area contributed by atoms with Crippen LogP contribution in [0.3, 0.4) is 0 Å². The molecule has 1 saturated heterocycles. The van der Waals surface area contributed by atoms with Crippen molar-refractivity contribution in [3.05, 3.63) is 89.5 Å². The van der Waals surface area contributed by atoms with Crippen molar-refractivity contribution in [2.45, 2.75) is 170 Å². The Labute approximate surface area is 523 Å². The Bertz CT molecular complexity index is 2170. The number of unbranched alkanes of at least 4 members (excludes halogenated alkanes) is 9. The number of aromatic carboxylic acids is 1. The van der Waals surface area contributed by atoms with Gasteiger partial charge in [-0.25, -0.2) is 16.8 Å². The minimum atomic E-state index is -4.48. The maximum atomic E-state index is 11.1. The second-order valence-electron chi connectivity index (χ2n) is 17.2. The van der Waals surface area contributed by atoms with Gasteiger partial charge in [0.15, 0.2) is 12.6 Å². The van der Waals surface area contributed by atoms with E-state index in [0.29, 0.717) is 29.8 Å². The summed E-state index contributed by atoms with van der Waals surface area (Å²) in [4.78, 5) is 20.7. The van der Waals surface area contributed by atoms with Crippen molar-refractivity contribution in [1.29, 1.82) is 0 Å². The maximum absolute atomic E-state index is 11.1. The van der Waals surface area contributed by atoms with E-state index in [0.717, 1.165) is 49.9 Å². The van der Waals surface area contributed by atoms with Gasteiger partial charge in [0.2, 0.25) is 10.4 Å². The number of aldehydes is 1. The Morgan fingerprint density at radius 1 is 0.714 bits per heavy atom. The fraction of sp³-hybridized carbons (Fsp3) is 0.592. The molecule has 3 aromatic rings. The fourth-order valence-electron chi connectivity index (χ4n) is 7.63. The molecule has 0 radical (unpaired) electrons. The maximum Gasteiger partial charge on any atom is 1.00 e. The number of aliphatic hydroxyl groups excluding tert-OH is 8. The van der Waals surface area contributed by atoms with E-state index >= 15 is 0 Å². The predicted molar refractivity (Wildman–Crippen MR) is 267 cm³/mol. The van der Waals surface area contributed by atoms with Crippen LogP contribution in [0.5, 0.6) is 11.5 Å². The number of carboxylic acid groups (broad SMARTS) is 1. The van der Waals surface area contributed by atoms with Gasteiger partial charge in [0.25, 0.3) is 10.0 Å². The van der Waals surface area contributed by atoms with E-state index in [9.17, 15) is 76.9 Å². The molecule has 11 N–H and O–H groups in total. The number of halogens is 1. The van der Waals surface area contributed by atoms with Crippen LogP contribution < -0.4 is 98.0 Å². The molecular formula is C49H74ClNNa3O21S2+. The first-order valence-corrected chi connectivity index (χ1v) is 27.3. The first-order chi connectivity index (χ1) is 35.0. The molecule has 0 amide bonds.